The van der Waals surface area contributed by atoms with Crippen molar-refractivity contribution >= 4 is 30.7 Å². The van der Waals surface area contributed by atoms with Gasteiger partial charge in [-0.1, -0.05) is 6.07 Å². The molecule has 22 heavy (non-hydrogen) atoms. The summed E-state index contributed by atoms with van der Waals surface area (Å²) in [5.41, 5.74) is 7.10. The zero-order valence-corrected chi connectivity index (χ0v) is 14.4. The number of methoxy groups -OCH3 is 1. The minimum atomic E-state index is -0.00202. The summed E-state index contributed by atoms with van der Waals surface area (Å²) in [7, 11) is 1.66. The molecular formula is C15H25Cl2N3O2. The van der Waals surface area contributed by atoms with Gasteiger partial charge in [-0.05, 0) is 37.3 Å². The molecule has 1 saturated carbocycles. The number of pyridine rings is 1. The molecule has 0 spiro atoms. The van der Waals surface area contributed by atoms with Crippen molar-refractivity contribution in [1.82, 2.24) is 10.3 Å². The third kappa shape index (κ3) is 6.08. The summed E-state index contributed by atoms with van der Waals surface area (Å²) >= 11 is 0. The first-order valence-corrected chi connectivity index (χ1v) is 7.15. The average molecular weight is 350 g/mol. The molecule has 5 nitrogen and oxygen atoms in total. The van der Waals surface area contributed by atoms with Gasteiger partial charge in [0.05, 0.1) is 6.10 Å². The minimum Gasteiger partial charge on any atom is -0.380 e. The first-order chi connectivity index (χ1) is 9.70. The SMILES string of the molecule is CO[C@@H]1C[C@@H](C(=O)NCCc2cccnc2)CC[C@H]1N.Cl.Cl. The highest BCUT2D eigenvalue weighted by Crippen LogP contribution is 2.25. The highest BCUT2D eigenvalue weighted by atomic mass is 35.5. The molecule has 1 amide bonds. The number of aromatic nitrogens is 1. The van der Waals surface area contributed by atoms with Crippen molar-refractivity contribution in [2.45, 2.75) is 37.8 Å². The molecular weight excluding hydrogens is 325 g/mol. The van der Waals surface area contributed by atoms with E-state index in [0.29, 0.717) is 6.54 Å². The maximum Gasteiger partial charge on any atom is 0.223 e. The van der Waals surface area contributed by atoms with Crippen molar-refractivity contribution in [1.29, 1.82) is 0 Å². The molecule has 1 aromatic rings. The van der Waals surface area contributed by atoms with Gasteiger partial charge in [-0.25, -0.2) is 0 Å². The Morgan fingerprint density at radius 2 is 2.23 bits per heavy atom. The maximum atomic E-state index is 12.1. The summed E-state index contributed by atoms with van der Waals surface area (Å²) in [6.07, 6.45) is 6.79. The lowest BCUT2D eigenvalue weighted by atomic mass is 9.83. The fourth-order valence-electron chi connectivity index (χ4n) is 2.68. The first-order valence-electron chi connectivity index (χ1n) is 7.15. The standard InChI is InChI=1S/C15H23N3O2.2ClH/c1-20-14-9-12(4-5-13(14)16)15(19)18-8-6-11-3-2-7-17-10-11;;/h2-3,7,10,12-14H,4-6,8-9,16H2,1H3,(H,18,19);2*1H/t12-,13+,14+;;/m0../s1. The first kappa shape index (κ1) is 21.1. The second-order valence-electron chi connectivity index (χ2n) is 5.35. The van der Waals surface area contributed by atoms with Gasteiger partial charge in [0.25, 0.3) is 0 Å². The van der Waals surface area contributed by atoms with Crippen molar-refractivity contribution < 1.29 is 9.53 Å². The molecule has 1 aliphatic rings. The molecule has 7 heteroatoms. The van der Waals surface area contributed by atoms with Crippen molar-refractivity contribution in [2.75, 3.05) is 13.7 Å². The van der Waals surface area contributed by atoms with E-state index < -0.39 is 0 Å². The van der Waals surface area contributed by atoms with E-state index in [1.807, 2.05) is 18.3 Å². The molecule has 0 unspecified atom stereocenters. The summed E-state index contributed by atoms with van der Waals surface area (Å²) in [6.45, 7) is 0.644. The van der Waals surface area contributed by atoms with Gasteiger partial charge < -0.3 is 15.8 Å². The van der Waals surface area contributed by atoms with E-state index >= 15 is 0 Å². The van der Waals surface area contributed by atoms with Gasteiger partial charge in [0.2, 0.25) is 5.91 Å². The number of nitrogens with one attached hydrogen (secondary N) is 1. The summed E-state index contributed by atoms with van der Waals surface area (Å²) in [5.74, 6) is 0.136. The zero-order chi connectivity index (χ0) is 14.4. The Morgan fingerprint density at radius 1 is 1.45 bits per heavy atom. The number of hydrogen-bond acceptors (Lipinski definition) is 4. The Bertz CT molecular complexity index is 434. The lowest BCUT2D eigenvalue weighted by Crippen LogP contribution is -2.45. The summed E-state index contributed by atoms with van der Waals surface area (Å²) in [5, 5.41) is 3.00. The van der Waals surface area contributed by atoms with Crippen LogP contribution in [0.4, 0.5) is 0 Å². The fourth-order valence-corrected chi connectivity index (χ4v) is 2.68. The van der Waals surface area contributed by atoms with E-state index in [9.17, 15) is 4.79 Å². The number of amides is 1. The molecule has 0 radical (unpaired) electrons. The number of carbonyl (C=O) groups is 1. The minimum absolute atomic E-state index is 0. The molecule has 0 bridgehead atoms. The smallest absolute Gasteiger partial charge is 0.223 e. The summed E-state index contributed by atoms with van der Waals surface area (Å²) < 4.78 is 5.34. The van der Waals surface area contributed by atoms with Crippen LogP contribution in [0.1, 0.15) is 24.8 Å². The Labute approximate surface area is 144 Å². The predicted molar refractivity (Wildman–Crippen MR) is 91.6 cm³/mol. The van der Waals surface area contributed by atoms with E-state index in [0.717, 1.165) is 31.2 Å². The lowest BCUT2D eigenvalue weighted by Gasteiger charge is -2.32. The summed E-state index contributed by atoms with van der Waals surface area (Å²) in [4.78, 5) is 16.2. The molecule has 2 rings (SSSR count). The van der Waals surface area contributed by atoms with Gasteiger partial charge >= 0.3 is 0 Å². The van der Waals surface area contributed by atoms with Gasteiger partial charge in [-0.3, -0.25) is 9.78 Å². The van der Waals surface area contributed by atoms with Crippen LogP contribution < -0.4 is 11.1 Å². The van der Waals surface area contributed by atoms with Crippen LogP contribution in [0.5, 0.6) is 0 Å². The molecule has 1 heterocycles. The van der Waals surface area contributed by atoms with Crippen LogP contribution in [0.25, 0.3) is 0 Å². The predicted octanol–water partition coefficient (Wildman–Crippen LogP) is 1.73. The molecule has 1 aromatic heterocycles. The second kappa shape index (κ2) is 10.8. The molecule has 126 valence electrons. The van der Waals surface area contributed by atoms with Gasteiger partial charge in [0.1, 0.15) is 0 Å². The average Bonchev–Trinajstić information content (AvgIpc) is 2.48. The quantitative estimate of drug-likeness (QED) is 0.848. The molecule has 1 fully saturated rings. The molecule has 0 aliphatic heterocycles. The van der Waals surface area contributed by atoms with Gasteiger partial charge in [-0.2, -0.15) is 0 Å². The number of halogens is 2. The Morgan fingerprint density at radius 3 is 2.86 bits per heavy atom. The molecule has 1 aliphatic carbocycles. The van der Waals surface area contributed by atoms with Crippen LogP contribution >= 0.6 is 24.8 Å². The number of rotatable bonds is 5. The highest BCUT2D eigenvalue weighted by Gasteiger charge is 2.31. The van der Waals surface area contributed by atoms with Gasteiger partial charge in [0, 0.05) is 38.0 Å². The third-order valence-electron chi connectivity index (χ3n) is 3.95. The van der Waals surface area contributed by atoms with Crippen LogP contribution in [-0.2, 0) is 16.0 Å². The molecule has 0 saturated heterocycles. The van der Waals surface area contributed by atoms with E-state index in [4.69, 9.17) is 10.5 Å². The monoisotopic (exact) mass is 349 g/mol. The second-order valence-corrected chi connectivity index (χ2v) is 5.35. The Balaban J connectivity index is 0.00000220. The van der Waals surface area contributed by atoms with Crippen molar-refractivity contribution in [3.63, 3.8) is 0 Å². The molecule has 3 atom stereocenters. The van der Waals surface area contributed by atoms with Crippen LogP contribution in [0.15, 0.2) is 24.5 Å². The lowest BCUT2D eigenvalue weighted by molar-refractivity contribution is -0.127. The highest BCUT2D eigenvalue weighted by molar-refractivity contribution is 5.85. The normalized spacial score (nSPS) is 23.8. The van der Waals surface area contributed by atoms with E-state index in [1.54, 1.807) is 13.3 Å². The van der Waals surface area contributed by atoms with Crippen molar-refractivity contribution in [2.24, 2.45) is 11.7 Å². The van der Waals surface area contributed by atoms with Crippen LogP contribution in [-0.4, -0.2) is 36.7 Å². The summed E-state index contributed by atoms with van der Waals surface area (Å²) in [6, 6.07) is 3.97. The van der Waals surface area contributed by atoms with Crippen molar-refractivity contribution in [3.8, 4) is 0 Å². The molecule has 0 aromatic carbocycles. The number of carbonyl (C=O) groups excluding carboxylic acids is 1. The van der Waals surface area contributed by atoms with Crippen LogP contribution in [0, 0.1) is 5.92 Å². The Kier molecular flexibility index (Phi) is 10.3. The number of nitrogens with two attached hydrogens (primary N) is 1. The zero-order valence-electron chi connectivity index (χ0n) is 12.7. The van der Waals surface area contributed by atoms with E-state index in [2.05, 4.69) is 10.3 Å². The Hall–Kier alpha value is -0.880. The van der Waals surface area contributed by atoms with Crippen LogP contribution in [0.3, 0.4) is 0 Å². The third-order valence-corrected chi connectivity index (χ3v) is 3.95. The van der Waals surface area contributed by atoms with Gasteiger partial charge in [-0.15, -0.1) is 24.8 Å². The fraction of sp³-hybridized carbons (Fsp3) is 0.600. The maximum absolute atomic E-state index is 12.1. The topological polar surface area (TPSA) is 77.2 Å². The van der Waals surface area contributed by atoms with Gasteiger partial charge in [0.15, 0.2) is 0 Å². The largest absolute Gasteiger partial charge is 0.380 e. The number of hydrogen-bond donors (Lipinski definition) is 2. The van der Waals surface area contributed by atoms with Crippen LogP contribution in [0.2, 0.25) is 0 Å². The number of ether oxygens (including phenoxy) is 1. The van der Waals surface area contributed by atoms with E-state index in [1.165, 1.54) is 0 Å². The number of nitrogens with zero attached hydrogens (tertiary/aromatic N) is 1. The van der Waals surface area contributed by atoms with Crippen molar-refractivity contribution in [3.05, 3.63) is 30.1 Å². The molecule has 3 N–H and O–H groups in total. The van der Waals surface area contributed by atoms with E-state index in [-0.39, 0.29) is 48.8 Å².